The van der Waals surface area contributed by atoms with Crippen molar-refractivity contribution >= 4 is 29.5 Å². The van der Waals surface area contributed by atoms with Gasteiger partial charge in [0.25, 0.3) is 11.8 Å². The zero-order valence-corrected chi connectivity index (χ0v) is 22.9. The first-order valence-electron chi connectivity index (χ1n) is 13.8. The second-order valence-corrected chi connectivity index (χ2v) is 10.6. The second-order valence-electron chi connectivity index (χ2n) is 10.6. The topological polar surface area (TPSA) is 122 Å². The Hall–Kier alpha value is -4.13. The first-order chi connectivity index (χ1) is 20.0. The summed E-state index contributed by atoms with van der Waals surface area (Å²) in [6, 6.07) is 10.3. The van der Waals surface area contributed by atoms with Crippen LogP contribution < -0.4 is 15.5 Å². The number of alkyl halides is 3. The Kier molecular flexibility index (Phi) is 8.13. The number of amides is 4. The molecule has 42 heavy (non-hydrogen) atoms. The lowest BCUT2D eigenvalue weighted by Gasteiger charge is -2.48. The number of ether oxygens (including phenoxy) is 2. The second kappa shape index (κ2) is 11.6. The van der Waals surface area contributed by atoms with Crippen LogP contribution in [0.25, 0.3) is 0 Å². The number of nitrogens with two attached hydrogens (primary N) is 1. The van der Waals surface area contributed by atoms with Crippen molar-refractivity contribution in [1.29, 1.82) is 0 Å². The van der Waals surface area contributed by atoms with E-state index in [9.17, 15) is 32.3 Å². The molecule has 2 saturated carbocycles. The summed E-state index contributed by atoms with van der Waals surface area (Å²) >= 11 is 0. The smallest absolute Gasteiger partial charge is 0.466 e. The number of imide groups is 1. The van der Waals surface area contributed by atoms with E-state index in [1.165, 1.54) is 12.1 Å². The van der Waals surface area contributed by atoms with Crippen LogP contribution >= 0.6 is 0 Å². The summed E-state index contributed by atoms with van der Waals surface area (Å²) in [4.78, 5) is 55.5. The molecular weight excluding hydrogens is 557 g/mol. The van der Waals surface area contributed by atoms with Crippen molar-refractivity contribution in [2.45, 2.75) is 69.9 Å². The zero-order valence-electron chi connectivity index (χ0n) is 22.9. The van der Waals surface area contributed by atoms with Gasteiger partial charge in [-0.25, -0.2) is 10.6 Å². The highest BCUT2D eigenvalue weighted by atomic mass is 19.4. The van der Waals surface area contributed by atoms with Gasteiger partial charge in [0.15, 0.2) is 0 Å². The van der Waals surface area contributed by atoms with Crippen LogP contribution in [0, 0.1) is 5.92 Å². The minimum atomic E-state index is -4.85. The summed E-state index contributed by atoms with van der Waals surface area (Å²) in [6.07, 6.45) is -1.95. The van der Waals surface area contributed by atoms with Gasteiger partial charge in [0.2, 0.25) is 0 Å². The summed E-state index contributed by atoms with van der Waals surface area (Å²) in [6.45, 7) is 1.69. The summed E-state index contributed by atoms with van der Waals surface area (Å²) in [5, 5.41) is 0.476. The molecule has 2 aromatic carbocycles. The van der Waals surface area contributed by atoms with Crippen molar-refractivity contribution in [3.05, 3.63) is 59.7 Å². The monoisotopic (exact) mass is 588 g/mol. The maximum absolute atomic E-state index is 13.9. The van der Waals surface area contributed by atoms with Crippen molar-refractivity contribution in [2.24, 2.45) is 11.8 Å². The van der Waals surface area contributed by atoms with Gasteiger partial charge in [-0.2, -0.15) is 5.01 Å². The van der Waals surface area contributed by atoms with Crippen LogP contribution in [0.2, 0.25) is 0 Å². The normalized spacial score (nSPS) is 21.2. The number of halogens is 3. The molecule has 3 unspecified atom stereocenters. The van der Waals surface area contributed by atoms with Crippen LogP contribution in [-0.4, -0.2) is 58.8 Å². The number of esters is 1. The van der Waals surface area contributed by atoms with Gasteiger partial charge in [0.1, 0.15) is 12.2 Å². The fraction of sp³-hybridized carbons (Fsp3) is 0.448. The van der Waals surface area contributed by atoms with Gasteiger partial charge >= 0.3 is 18.4 Å². The number of carbonyl (C=O) groups excluding carboxylic acids is 4. The number of hydrogen-bond donors (Lipinski definition) is 1. The van der Waals surface area contributed by atoms with E-state index in [0.29, 0.717) is 29.1 Å². The number of carbonyl (C=O) groups is 4. The van der Waals surface area contributed by atoms with Gasteiger partial charge in [-0.1, -0.05) is 24.6 Å². The summed E-state index contributed by atoms with van der Waals surface area (Å²) in [7, 11) is 0. The molecule has 1 heterocycles. The lowest BCUT2D eigenvalue weighted by Crippen LogP contribution is -2.57. The molecule has 13 heteroatoms. The van der Waals surface area contributed by atoms with E-state index in [1.54, 1.807) is 34.9 Å². The first-order valence-corrected chi connectivity index (χ1v) is 13.8. The average Bonchev–Trinajstić information content (AvgIpc) is 3.67. The number of hydrogen-bond acceptors (Lipinski definition) is 7. The average molecular weight is 589 g/mol. The number of rotatable bonds is 7. The molecule has 0 radical (unpaired) electrons. The number of para-hydroxylation sites is 1. The first kappa shape index (κ1) is 29.4. The van der Waals surface area contributed by atoms with Gasteiger partial charge in [0.05, 0.1) is 12.6 Å². The quantitative estimate of drug-likeness (QED) is 0.164. The minimum absolute atomic E-state index is 0.0848. The van der Waals surface area contributed by atoms with Gasteiger partial charge in [-0.15, -0.1) is 13.2 Å². The van der Waals surface area contributed by atoms with E-state index in [2.05, 4.69) is 4.74 Å². The lowest BCUT2D eigenvalue weighted by atomic mass is 9.81. The molecule has 3 aliphatic rings. The molecule has 2 aromatic rings. The van der Waals surface area contributed by atoms with Crippen molar-refractivity contribution < 1.29 is 41.8 Å². The molecule has 0 spiro atoms. The fourth-order valence-corrected chi connectivity index (χ4v) is 6.09. The molecule has 0 aromatic heterocycles. The van der Waals surface area contributed by atoms with Crippen LogP contribution in [0.3, 0.4) is 0 Å². The van der Waals surface area contributed by atoms with E-state index in [4.69, 9.17) is 10.6 Å². The molecule has 2 N–H and O–H groups in total. The highest BCUT2D eigenvalue weighted by Crippen LogP contribution is 2.53. The number of urea groups is 1. The highest BCUT2D eigenvalue weighted by Gasteiger charge is 2.52. The third-order valence-corrected chi connectivity index (χ3v) is 7.87. The van der Waals surface area contributed by atoms with Gasteiger partial charge in [0, 0.05) is 29.3 Å². The van der Waals surface area contributed by atoms with Crippen molar-refractivity contribution in [3.63, 3.8) is 0 Å². The van der Waals surface area contributed by atoms with Gasteiger partial charge < -0.3 is 19.3 Å². The predicted molar refractivity (Wildman–Crippen MR) is 143 cm³/mol. The number of nitrogens with zero attached hydrogens (tertiary/aromatic N) is 3. The Labute approximate surface area is 240 Å². The molecule has 5 rings (SSSR count). The van der Waals surface area contributed by atoms with Crippen LogP contribution in [0.5, 0.6) is 5.75 Å². The molecule has 0 saturated heterocycles. The molecule has 224 valence electrons. The Bertz CT molecular complexity index is 1360. The summed E-state index contributed by atoms with van der Waals surface area (Å²) in [5.74, 6) is 3.31. The molecular formula is C29H31F3N4O6. The fourth-order valence-electron chi connectivity index (χ4n) is 6.09. The van der Waals surface area contributed by atoms with Crippen LogP contribution in [-0.2, 0) is 14.3 Å². The molecule has 2 aliphatic carbocycles. The zero-order chi connectivity index (χ0) is 30.2. The molecule has 2 fully saturated rings. The van der Waals surface area contributed by atoms with E-state index >= 15 is 0 Å². The number of hydrazine groups is 1. The Balaban J connectivity index is 1.47. The van der Waals surface area contributed by atoms with Crippen LogP contribution in [0.15, 0.2) is 48.5 Å². The summed E-state index contributed by atoms with van der Waals surface area (Å²) < 4.78 is 46.6. The third-order valence-electron chi connectivity index (χ3n) is 7.87. The third kappa shape index (κ3) is 5.91. The highest BCUT2D eigenvalue weighted by molar-refractivity contribution is 6.07. The van der Waals surface area contributed by atoms with Crippen molar-refractivity contribution in [1.82, 2.24) is 9.91 Å². The Morgan fingerprint density at radius 3 is 2.33 bits per heavy atom. The molecule has 1 aliphatic heterocycles. The van der Waals surface area contributed by atoms with Crippen LogP contribution in [0.4, 0.5) is 23.7 Å². The summed E-state index contributed by atoms with van der Waals surface area (Å²) in [5.41, 5.74) is 1.47. The van der Waals surface area contributed by atoms with Gasteiger partial charge in [-0.05, 0) is 68.5 Å². The SMILES string of the molecule is CCOC(=O)CC(=O)N(N)C(=O)N(C1CC1)C1c2ccccc2N(C(=O)c2ccc(OC(F)(F)F)cc2)C2CCCC21. The van der Waals surface area contributed by atoms with E-state index < -0.39 is 42.5 Å². The van der Waals surface area contributed by atoms with E-state index in [-0.39, 0.29) is 36.1 Å². The van der Waals surface area contributed by atoms with E-state index in [1.807, 2.05) is 6.07 Å². The molecule has 0 bridgehead atoms. The lowest BCUT2D eigenvalue weighted by molar-refractivity contribution is -0.274. The molecule has 3 atom stereocenters. The Morgan fingerprint density at radius 2 is 1.69 bits per heavy atom. The maximum atomic E-state index is 13.9. The number of fused-ring (bicyclic) bond motifs is 2. The van der Waals surface area contributed by atoms with Crippen molar-refractivity contribution in [3.8, 4) is 5.75 Å². The molecule has 10 nitrogen and oxygen atoms in total. The maximum Gasteiger partial charge on any atom is 0.573 e. The van der Waals surface area contributed by atoms with Gasteiger partial charge in [-0.3, -0.25) is 14.4 Å². The molecule has 4 amide bonds. The Morgan fingerprint density at radius 1 is 1.00 bits per heavy atom. The predicted octanol–water partition coefficient (Wildman–Crippen LogP) is 4.70. The standard InChI is InChI=1S/C29H31F3N4O6/c1-2-41-25(38)16-24(37)36(33)28(40)34(18-12-13-18)26-20-6-3-4-8-22(20)35(23-9-5-7-21(23)26)27(39)17-10-14-19(15-11-17)42-29(30,31)32/h3-4,6,8,10-11,14-15,18,21,23,26H,2,5,7,9,12-13,16,33H2,1H3. The number of anilines is 1. The van der Waals surface area contributed by atoms with E-state index in [0.717, 1.165) is 31.4 Å². The number of benzene rings is 2. The minimum Gasteiger partial charge on any atom is -0.466 e. The van der Waals surface area contributed by atoms with Crippen molar-refractivity contribution in [2.75, 3.05) is 11.5 Å². The van der Waals surface area contributed by atoms with Crippen LogP contribution in [0.1, 0.15) is 67.4 Å². The largest absolute Gasteiger partial charge is 0.573 e.